The molecule has 0 atom stereocenters. The summed E-state index contributed by atoms with van der Waals surface area (Å²) in [6.45, 7) is 2.12. The van der Waals surface area contributed by atoms with E-state index in [1.807, 2.05) is 24.3 Å². The fourth-order valence-corrected chi connectivity index (χ4v) is 1.50. The van der Waals surface area contributed by atoms with E-state index in [1.54, 1.807) is 0 Å². The van der Waals surface area contributed by atoms with Gasteiger partial charge in [-0.2, -0.15) is 5.10 Å². The van der Waals surface area contributed by atoms with Crippen LogP contribution in [0.5, 0.6) is 0 Å². The third-order valence-corrected chi connectivity index (χ3v) is 2.37. The van der Waals surface area contributed by atoms with E-state index in [2.05, 4.69) is 22.1 Å². The average Bonchev–Trinajstić information content (AvgIpc) is 2.68. The summed E-state index contributed by atoms with van der Waals surface area (Å²) in [4.78, 5) is 4.39. The Morgan fingerprint density at radius 2 is 2.00 bits per heavy atom. The van der Waals surface area contributed by atoms with Crippen molar-refractivity contribution in [1.82, 2.24) is 15.2 Å². The van der Waals surface area contributed by atoms with Crippen molar-refractivity contribution < 1.29 is 0 Å². The molecule has 78 valence electrons. The topological polar surface area (TPSA) is 41.6 Å². The highest BCUT2D eigenvalue weighted by atomic mass is 35.5. The zero-order chi connectivity index (χ0) is 10.7. The SMILES string of the molecule is CCCc1nc(-c2ccc(Cl)cc2)n[nH]1. The number of H-pyrrole nitrogens is 1. The zero-order valence-electron chi connectivity index (χ0n) is 8.50. The van der Waals surface area contributed by atoms with E-state index in [-0.39, 0.29) is 0 Å². The molecule has 0 aliphatic carbocycles. The van der Waals surface area contributed by atoms with E-state index >= 15 is 0 Å². The molecule has 1 aromatic heterocycles. The van der Waals surface area contributed by atoms with E-state index in [4.69, 9.17) is 11.6 Å². The fraction of sp³-hybridized carbons (Fsp3) is 0.273. The number of benzene rings is 1. The van der Waals surface area contributed by atoms with E-state index in [0.29, 0.717) is 0 Å². The normalized spacial score (nSPS) is 10.5. The first-order valence-electron chi connectivity index (χ1n) is 4.97. The Kier molecular flexibility index (Phi) is 3.02. The van der Waals surface area contributed by atoms with Gasteiger partial charge in [-0.1, -0.05) is 18.5 Å². The Labute approximate surface area is 93.5 Å². The molecule has 0 spiro atoms. The smallest absolute Gasteiger partial charge is 0.181 e. The third kappa shape index (κ3) is 2.36. The number of aromatic amines is 1. The molecule has 4 heteroatoms. The van der Waals surface area contributed by atoms with Crippen molar-refractivity contribution in [3.05, 3.63) is 35.1 Å². The summed E-state index contributed by atoms with van der Waals surface area (Å²) in [5, 5.41) is 7.81. The number of rotatable bonds is 3. The van der Waals surface area contributed by atoms with Crippen LogP contribution in [0.1, 0.15) is 19.2 Å². The zero-order valence-corrected chi connectivity index (χ0v) is 9.25. The molecule has 1 N–H and O–H groups in total. The van der Waals surface area contributed by atoms with Crippen LogP contribution in [-0.4, -0.2) is 15.2 Å². The van der Waals surface area contributed by atoms with E-state index in [1.165, 1.54) is 0 Å². The molecule has 15 heavy (non-hydrogen) atoms. The van der Waals surface area contributed by atoms with Crippen molar-refractivity contribution in [2.75, 3.05) is 0 Å². The maximum atomic E-state index is 5.81. The molecule has 0 radical (unpaired) electrons. The molecule has 1 heterocycles. The molecular formula is C11H12ClN3. The summed E-state index contributed by atoms with van der Waals surface area (Å²) in [7, 11) is 0. The number of aromatic nitrogens is 3. The molecule has 0 saturated carbocycles. The molecule has 0 amide bonds. The van der Waals surface area contributed by atoms with Crippen LogP contribution in [0, 0.1) is 0 Å². The number of aryl methyl sites for hydroxylation is 1. The number of hydrogen-bond donors (Lipinski definition) is 1. The summed E-state index contributed by atoms with van der Waals surface area (Å²) in [5.41, 5.74) is 0.984. The van der Waals surface area contributed by atoms with Crippen LogP contribution in [0.3, 0.4) is 0 Å². The first-order chi connectivity index (χ1) is 7.29. The van der Waals surface area contributed by atoms with Crippen LogP contribution >= 0.6 is 11.6 Å². The fourth-order valence-electron chi connectivity index (χ4n) is 1.37. The molecule has 0 saturated heterocycles. The molecule has 0 bridgehead atoms. The number of nitrogens with one attached hydrogen (secondary N) is 1. The lowest BCUT2D eigenvalue weighted by Gasteiger charge is -1.94. The second-order valence-corrected chi connectivity index (χ2v) is 3.80. The highest BCUT2D eigenvalue weighted by Gasteiger charge is 2.04. The van der Waals surface area contributed by atoms with Gasteiger partial charge in [0.1, 0.15) is 5.82 Å². The van der Waals surface area contributed by atoms with Crippen molar-refractivity contribution >= 4 is 11.6 Å². The molecule has 1 aromatic carbocycles. The van der Waals surface area contributed by atoms with Crippen LogP contribution in [0.2, 0.25) is 5.02 Å². The maximum absolute atomic E-state index is 5.81. The number of hydrogen-bond acceptors (Lipinski definition) is 2. The molecule has 2 rings (SSSR count). The minimum absolute atomic E-state index is 0.725. The van der Waals surface area contributed by atoms with Gasteiger partial charge in [-0.15, -0.1) is 0 Å². The Balaban J connectivity index is 2.25. The van der Waals surface area contributed by atoms with Crippen LogP contribution in [0.15, 0.2) is 24.3 Å². The number of nitrogens with zero attached hydrogens (tertiary/aromatic N) is 2. The number of halogens is 1. The van der Waals surface area contributed by atoms with Crippen LogP contribution < -0.4 is 0 Å². The van der Waals surface area contributed by atoms with Crippen LogP contribution in [0.4, 0.5) is 0 Å². The van der Waals surface area contributed by atoms with Crippen LogP contribution in [-0.2, 0) is 6.42 Å². The Bertz CT molecular complexity index is 433. The predicted octanol–water partition coefficient (Wildman–Crippen LogP) is 3.08. The second kappa shape index (κ2) is 4.45. The third-order valence-electron chi connectivity index (χ3n) is 2.12. The Morgan fingerprint density at radius 1 is 1.27 bits per heavy atom. The highest BCUT2D eigenvalue weighted by molar-refractivity contribution is 6.30. The quantitative estimate of drug-likeness (QED) is 0.866. The van der Waals surface area contributed by atoms with Gasteiger partial charge in [-0.25, -0.2) is 4.98 Å². The first-order valence-corrected chi connectivity index (χ1v) is 5.34. The van der Waals surface area contributed by atoms with Crippen LogP contribution in [0.25, 0.3) is 11.4 Å². The lowest BCUT2D eigenvalue weighted by atomic mass is 10.2. The van der Waals surface area contributed by atoms with Crippen molar-refractivity contribution in [3.8, 4) is 11.4 Å². The van der Waals surface area contributed by atoms with Crippen molar-refractivity contribution in [2.24, 2.45) is 0 Å². The molecule has 3 nitrogen and oxygen atoms in total. The first kappa shape index (κ1) is 10.2. The highest BCUT2D eigenvalue weighted by Crippen LogP contribution is 2.17. The monoisotopic (exact) mass is 221 g/mol. The second-order valence-electron chi connectivity index (χ2n) is 3.36. The predicted molar refractivity (Wildman–Crippen MR) is 60.8 cm³/mol. The molecule has 0 aliphatic heterocycles. The van der Waals surface area contributed by atoms with Gasteiger partial charge in [-0.05, 0) is 30.7 Å². The summed E-state index contributed by atoms with van der Waals surface area (Å²) in [6, 6.07) is 7.52. The lowest BCUT2D eigenvalue weighted by Crippen LogP contribution is -1.85. The molecule has 0 fully saturated rings. The largest absolute Gasteiger partial charge is 0.263 e. The van der Waals surface area contributed by atoms with E-state index < -0.39 is 0 Å². The summed E-state index contributed by atoms with van der Waals surface area (Å²) >= 11 is 5.81. The van der Waals surface area contributed by atoms with Crippen molar-refractivity contribution in [3.63, 3.8) is 0 Å². The minimum Gasteiger partial charge on any atom is -0.263 e. The molecular weight excluding hydrogens is 210 g/mol. The average molecular weight is 222 g/mol. The summed E-state index contributed by atoms with van der Waals surface area (Å²) < 4.78 is 0. The van der Waals surface area contributed by atoms with E-state index in [0.717, 1.165) is 35.1 Å². The molecule has 2 aromatic rings. The Hall–Kier alpha value is -1.35. The standard InChI is InChI=1S/C11H12ClN3/c1-2-3-10-13-11(15-14-10)8-4-6-9(12)7-5-8/h4-7H,2-3H2,1H3,(H,13,14,15). The molecule has 0 aliphatic rings. The van der Waals surface area contributed by atoms with Crippen molar-refractivity contribution in [1.29, 1.82) is 0 Å². The minimum atomic E-state index is 0.725. The van der Waals surface area contributed by atoms with Gasteiger partial charge < -0.3 is 0 Å². The Morgan fingerprint density at radius 3 is 2.67 bits per heavy atom. The van der Waals surface area contributed by atoms with Gasteiger partial charge in [0.15, 0.2) is 5.82 Å². The van der Waals surface area contributed by atoms with Gasteiger partial charge in [0.05, 0.1) is 0 Å². The van der Waals surface area contributed by atoms with Gasteiger partial charge in [0, 0.05) is 17.0 Å². The van der Waals surface area contributed by atoms with Gasteiger partial charge in [-0.3, -0.25) is 5.10 Å². The maximum Gasteiger partial charge on any atom is 0.181 e. The summed E-state index contributed by atoms with van der Waals surface area (Å²) in [6.07, 6.45) is 2.00. The van der Waals surface area contributed by atoms with Gasteiger partial charge >= 0.3 is 0 Å². The summed E-state index contributed by atoms with van der Waals surface area (Å²) in [5.74, 6) is 1.66. The van der Waals surface area contributed by atoms with Gasteiger partial charge in [0.25, 0.3) is 0 Å². The lowest BCUT2D eigenvalue weighted by molar-refractivity contribution is 0.841. The van der Waals surface area contributed by atoms with E-state index in [9.17, 15) is 0 Å². The van der Waals surface area contributed by atoms with Gasteiger partial charge in [0.2, 0.25) is 0 Å². The van der Waals surface area contributed by atoms with Crippen molar-refractivity contribution in [2.45, 2.75) is 19.8 Å². The molecule has 0 unspecified atom stereocenters.